The number of aliphatic carboxylic acids is 1. The first-order chi connectivity index (χ1) is 9.46. The van der Waals surface area contributed by atoms with Gasteiger partial charge in [0.25, 0.3) is 0 Å². The van der Waals surface area contributed by atoms with Crippen LogP contribution in [0.15, 0.2) is 4.47 Å². The molecule has 1 saturated heterocycles. The molecule has 0 bridgehead atoms. The lowest BCUT2D eigenvalue weighted by atomic mass is 9.77. The number of hydrogen-bond donors (Lipinski definition) is 1. The molecule has 1 aliphatic rings. The molecule has 2 heterocycles. The van der Waals surface area contributed by atoms with Crippen LogP contribution in [-0.4, -0.2) is 33.6 Å². The van der Waals surface area contributed by atoms with E-state index in [9.17, 15) is 9.90 Å². The molecular weight excluding hydrogens is 324 g/mol. The average Bonchev–Trinajstić information content (AvgIpc) is 2.93. The Kier molecular flexibility index (Phi) is 4.54. The van der Waals surface area contributed by atoms with Gasteiger partial charge in [-0.15, -0.1) is 0 Å². The monoisotopic (exact) mass is 344 g/mol. The molecule has 1 fully saturated rings. The van der Waals surface area contributed by atoms with Gasteiger partial charge in [-0.2, -0.15) is 5.10 Å². The van der Waals surface area contributed by atoms with E-state index in [2.05, 4.69) is 21.0 Å². The highest BCUT2D eigenvalue weighted by atomic mass is 79.9. The van der Waals surface area contributed by atoms with Crippen LogP contribution < -0.4 is 0 Å². The van der Waals surface area contributed by atoms with E-state index in [1.54, 1.807) is 0 Å². The number of aromatic nitrogens is 2. The maximum Gasteiger partial charge on any atom is 0.312 e. The summed E-state index contributed by atoms with van der Waals surface area (Å²) in [5.41, 5.74) is 1.10. The lowest BCUT2D eigenvalue weighted by Crippen LogP contribution is -2.40. The molecule has 0 radical (unpaired) electrons. The van der Waals surface area contributed by atoms with Gasteiger partial charge in [0.2, 0.25) is 0 Å². The summed E-state index contributed by atoms with van der Waals surface area (Å²) < 4.78 is 8.37. The van der Waals surface area contributed by atoms with Crippen molar-refractivity contribution < 1.29 is 14.6 Å². The summed E-state index contributed by atoms with van der Waals surface area (Å²) in [5, 5.41) is 14.2. The minimum absolute atomic E-state index is 0.280. The van der Waals surface area contributed by atoms with Gasteiger partial charge in [0.1, 0.15) is 5.41 Å². The number of carboxylic acid groups (broad SMARTS) is 1. The second-order valence-electron chi connectivity index (χ2n) is 5.28. The van der Waals surface area contributed by atoms with Crippen molar-refractivity contribution in [2.24, 2.45) is 5.41 Å². The van der Waals surface area contributed by atoms with E-state index in [0.29, 0.717) is 19.4 Å². The highest BCUT2D eigenvalue weighted by Gasteiger charge is 2.49. The second-order valence-corrected chi connectivity index (χ2v) is 6.07. The predicted molar refractivity (Wildman–Crippen MR) is 78.8 cm³/mol. The lowest BCUT2D eigenvalue weighted by Gasteiger charge is -2.27. The predicted octanol–water partition coefficient (Wildman–Crippen LogP) is 2.65. The van der Waals surface area contributed by atoms with Crippen molar-refractivity contribution in [3.05, 3.63) is 15.9 Å². The van der Waals surface area contributed by atoms with Gasteiger partial charge in [0, 0.05) is 19.6 Å². The van der Waals surface area contributed by atoms with E-state index < -0.39 is 11.4 Å². The number of aryl methyl sites for hydroxylation is 2. The van der Waals surface area contributed by atoms with Crippen LogP contribution in [0.25, 0.3) is 0 Å². The van der Waals surface area contributed by atoms with E-state index in [4.69, 9.17) is 4.74 Å². The summed E-state index contributed by atoms with van der Waals surface area (Å²) in [6.07, 6.45) is 1.54. The zero-order valence-electron chi connectivity index (χ0n) is 12.1. The van der Waals surface area contributed by atoms with Crippen molar-refractivity contribution in [2.75, 3.05) is 6.61 Å². The number of nitrogens with zero attached hydrogens (tertiary/aromatic N) is 2. The zero-order valence-corrected chi connectivity index (χ0v) is 13.7. The van der Waals surface area contributed by atoms with Crippen LogP contribution in [0.2, 0.25) is 0 Å². The van der Waals surface area contributed by atoms with E-state index in [0.717, 1.165) is 28.8 Å². The first kappa shape index (κ1) is 15.5. The van der Waals surface area contributed by atoms with Gasteiger partial charge in [-0.1, -0.05) is 6.92 Å². The van der Waals surface area contributed by atoms with Crippen molar-refractivity contribution in [3.8, 4) is 0 Å². The van der Waals surface area contributed by atoms with E-state index in [-0.39, 0.29) is 6.10 Å². The lowest BCUT2D eigenvalue weighted by molar-refractivity contribution is -0.152. The summed E-state index contributed by atoms with van der Waals surface area (Å²) >= 11 is 3.59. The quantitative estimate of drug-likeness (QED) is 0.891. The van der Waals surface area contributed by atoms with Crippen LogP contribution in [0.5, 0.6) is 0 Å². The van der Waals surface area contributed by atoms with Crippen LogP contribution >= 0.6 is 15.9 Å². The fraction of sp³-hybridized carbons (Fsp3) is 0.714. The molecule has 0 amide bonds. The Morgan fingerprint density at radius 3 is 2.75 bits per heavy atom. The van der Waals surface area contributed by atoms with Crippen LogP contribution in [0, 0.1) is 5.41 Å². The van der Waals surface area contributed by atoms with Crippen molar-refractivity contribution in [1.29, 1.82) is 0 Å². The molecule has 1 aromatic heterocycles. The Bertz CT molecular complexity index is 515. The Morgan fingerprint density at radius 1 is 1.60 bits per heavy atom. The largest absolute Gasteiger partial charge is 0.481 e. The molecule has 1 N–H and O–H groups in total. The summed E-state index contributed by atoms with van der Waals surface area (Å²) in [4.78, 5) is 11.8. The van der Waals surface area contributed by atoms with Gasteiger partial charge in [-0.05, 0) is 42.6 Å². The van der Waals surface area contributed by atoms with E-state index in [1.807, 2.05) is 25.5 Å². The van der Waals surface area contributed by atoms with Gasteiger partial charge >= 0.3 is 5.97 Å². The topological polar surface area (TPSA) is 64.4 Å². The SMILES string of the molecule is CCc1nn(CC)c(CC2(C(=O)O)CCOC2C)c1Br. The highest BCUT2D eigenvalue weighted by molar-refractivity contribution is 9.10. The number of carboxylic acids is 1. The zero-order chi connectivity index (χ0) is 14.9. The molecule has 0 aliphatic carbocycles. The van der Waals surface area contributed by atoms with E-state index >= 15 is 0 Å². The average molecular weight is 345 g/mol. The first-order valence-corrected chi connectivity index (χ1v) is 7.84. The van der Waals surface area contributed by atoms with Crippen molar-refractivity contribution in [3.63, 3.8) is 0 Å². The minimum atomic E-state index is -0.847. The van der Waals surface area contributed by atoms with Crippen molar-refractivity contribution >= 4 is 21.9 Å². The Balaban J connectivity index is 2.42. The van der Waals surface area contributed by atoms with Crippen LogP contribution in [0.1, 0.15) is 38.6 Å². The molecule has 2 atom stereocenters. The number of carbonyl (C=O) groups is 1. The molecule has 2 rings (SSSR count). The highest BCUT2D eigenvalue weighted by Crippen LogP contribution is 2.40. The van der Waals surface area contributed by atoms with Gasteiger partial charge in [-0.25, -0.2) is 0 Å². The summed E-state index contributed by atoms with van der Waals surface area (Å²) in [7, 11) is 0. The van der Waals surface area contributed by atoms with Crippen LogP contribution in [0.4, 0.5) is 0 Å². The minimum Gasteiger partial charge on any atom is -0.481 e. The van der Waals surface area contributed by atoms with Gasteiger partial charge in [-0.3, -0.25) is 9.48 Å². The third kappa shape index (κ3) is 2.39. The summed E-state index contributed by atoms with van der Waals surface area (Å²) in [5.74, 6) is -0.781. The number of rotatable bonds is 5. The fourth-order valence-electron chi connectivity index (χ4n) is 2.85. The number of halogens is 1. The van der Waals surface area contributed by atoms with Crippen LogP contribution in [-0.2, 0) is 28.9 Å². The number of hydrogen-bond acceptors (Lipinski definition) is 3. The Labute approximate surface area is 127 Å². The second kappa shape index (κ2) is 5.85. The smallest absolute Gasteiger partial charge is 0.312 e. The van der Waals surface area contributed by atoms with Gasteiger partial charge in [0.15, 0.2) is 0 Å². The standard InChI is InChI=1S/C14H21BrN2O3/c1-4-10-12(15)11(17(5-2)16-10)8-14(13(18)19)6-7-20-9(14)3/h9H,4-8H2,1-3H3,(H,18,19). The molecule has 0 saturated carbocycles. The third-order valence-corrected chi connectivity index (χ3v) is 5.21. The first-order valence-electron chi connectivity index (χ1n) is 7.05. The molecule has 5 nitrogen and oxygen atoms in total. The normalized spacial score (nSPS) is 26.1. The summed E-state index contributed by atoms with van der Waals surface area (Å²) in [6, 6.07) is 0. The van der Waals surface area contributed by atoms with Crippen molar-refractivity contribution in [2.45, 2.75) is 52.7 Å². The molecule has 1 aliphatic heterocycles. The molecule has 1 aromatic rings. The van der Waals surface area contributed by atoms with Crippen LogP contribution in [0.3, 0.4) is 0 Å². The molecular formula is C14H21BrN2O3. The fourth-order valence-corrected chi connectivity index (χ4v) is 3.56. The molecule has 20 heavy (non-hydrogen) atoms. The van der Waals surface area contributed by atoms with E-state index in [1.165, 1.54) is 0 Å². The maximum atomic E-state index is 11.8. The molecule has 112 valence electrons. The maximum absolute atomic E-state index is 11.8. The van der Waals surface area contributed by atoms with Crippen molar-refractivity contribution in [1.82, 2.24) is 9.78 Å². The molecule has 0 spiro atoms. The summed E-state index contributed by atoms with van der Waals surface area (Å²) in [6.45, 7) is 7.16. The molecule has 2 unspecified atom stereocenters. The van der Waals surface area contributed by atoms with Gasteiger partial charge < -0.3 is 9.84 Å². The molecule has 0 aromatic carbocycles. The Hall–Kier alpha value is -0.880. The molecule has 6 heteroatoms. The Morgan fingerprint density at radius 2 is 2.30 bits per heavy atom. The van der Waals surface area contributed by atoms with Gasteiger partial charge in [0.05, 0.1) is 22.0 Å². The third-order valence-electron chi connectivity index (χ3n) is 4.30. The number of ether oxygens (including phenoxy) is 1.